The normalized spacial score (nSPS) is 18.3. The number of imide groups is 1. The molecule has 8 heteroatoms. The highest BCUT2D eigenvalue weighted by Gasteiger charge is 2.32. The van der Waals surface area contributed by atoms with E-state index >= 15 is 0 Å². The Morgan fingerprint density at radius 2 is 2.00 bits per heavy atom. The van der Waals surface area contributed by atoms with Crippen LogP contribution in [0, 0.1) is 0 Å². The summed E-state index contributed by atoms with van der Waals surface area (Å²) in [5, 5.41) is 7.86. The van der Waals surface area contributed by atoms with Crippen LogP contribution < -0.4 is 25.6 Å². The van der Waals surface area contributed by atoms with E-state index in [-0.39, 0.29) is 25.0 Å². The first-order chi connectivity index (χ1) is 12.6. The lowest BCUT2D eigenvalue weighted by Gasteiger charge is -2.35. The van der Waals surface area contributed by atoms with Crippen molar-refractivity contribution in [3.8, 4) is 5.75 Å². The van der Waals surface area contributed by atoms with Crippen molar-refractivity contribution in [3.63, 3.8) is 0 Å². The maximum Gasteiger partial charge on any atom is 0.321 e. The maximum absolute atomic E-state index is 12.3. The molecule has 3 N–H and O–H groups in total. The van der Waals surface area contributed by atoms with Crippen molar-refractivity contribution in [2.24, 2.45) is 0 Å². The van der Waals surface area contributed by atoms with Crippen molar-refractivity contribution in [2.75, 3.05) is 24.5 Å². The van der Waals surface area contributed by atoms with Crippen LogP contribution in [-0.2, 0) is 9.59 Å². The van der Waals surface area contributed by atoms with Gasteiger partial charge in [-0.3, -0.25) is 14.9 Å². The smallest absolute Gasteiger partial charge is 0.321 e. The van der Waals surface area contributed by atoms with Crippen LogP contribution in [0.1, 0.15) is 26.2 Å². The second-order valence-corrected chi connectivity index (χ2v) is 6.54. The molecule has 0 unspecified atom stereocenters. The summed E-state index contributed by atoms with van der Waals surface area (Å²) >= 11 is 0. The summed E-state index contributed by atoms with van der Waals surface area (Å²) in [4.78, 5) is 38.0. The molecule has 0 spiro atoms. The highest BCUT2D eigenvalue weighted by atomic mass is 16.5. The lowest BCUT2D eigenvalue weighted by Crippen LogP contribution is -2.52. The molecule has 1 aromatic carbocycles. The summed E-state index contributed by atoms with van der Waals surface area (Å²) in [7, 11) is 0. The van der Waals surface area contributed by atoms with E-state index in [1.807, 2.05) is 25.1 Å². The number of fused-ring (bicyclic) bond motifs is 1. The van der Waals surface area contributed by atoms with Gasteiger partial charge in [0, 0.05) is 12.6 Å². The van der Waals surface area contributed by atoms with E-state index in [0.717, 1.165) is 24.9 Å². The largest absolute Gasteiger partial charge is 0.477 e. The number of rotatable bonds is 6. The van der Waals surface area contributed by atoms with Gasteiger partial charge in [-0.1, -0.05) is 19.1 Å². The number of anilines is 1. The molecule has 1 fully saturated rings. The highest BCUT2D eigenvalue weighted by Crippen LogP contribution is 2.32. The Kier molecular flexibility index (Phi) is 5.60. The van der Waals surface area contributed by atoms with Gasteiger partial charge < -0.3 is 20.3 Å². The van der Waals surface area contributed by atoms with Crippen LogP contribution in [0.3, 0.4) is 0 Å². The average Bonchev–Trinajstić information content (AvgIpc) is 3.43. The summed E-state index contributed by atoms with van der Waals surface area (Å²) in [6, 6.07) is 6.94. The van der Waals surface area contributed by atoms with Crippen molar-refractivity contribution < 1.29 is 19.1 Å². The Bertz CT molecular complexity index is 690. The lowest BCUT2D eigenvalue weighted by atomic mass is 10.1. The topological polar surface area (TPSA) is 99.8 Å². The number of hydrogen-bond donors (Lipinski definition) is 3. The molecule has 3 rings (SSSR count). The van der Waals surface area contributed by atoms with Gasteiger partial charge in [0.25, 0.3) is 5.91 Å². The Hall–Kier alpha value is -2.77. The van der Waals surface area contributed by atoms with E-state index in [1.54, 1.807) is 11.0 Å². The number of hydrogen-bond acceptors (Lipinski definition) is 5. The van der Waals surface area contributed by atoms with Crippen LogP contribution in [0.15, 0.2) is 24.3 Å². The molecule has 0 radical (unpaired) electrons. The molecule has 1 atom stereocenters. The van der Waals surface area contributed by atoms with E-state index in [4.69, 9.17) is 4.74 Å². The van der Waals surface area contributed by atoms with Crippen LogP contribution >= 0.6 is 0 Å². The average molecular weight is 360 g/mol. The Labute approximate surface area is 152 Å². The van der Waals surface area contributed by atoms with Crippen LogP contribution in [0.2, 0.25) is 0 Å². The molecular formula is C18H24N4O4. The predicted molar refractivity (Wildman–Crippen MR) is 96.1 cm³/mol. The molecule has 1 aromatic rings. The number of para-hydroxylation sites is 2. The van der Waals surface area contributed by atoms with Gasteiger partial charge >= 0.3 is 6.03 Å². The molecule has 0 saturated heterocycles. The van der Waals surface area contributed by atoms with Gasteiger partial charge in [-0.15, -0.1) is 0 Å². The number of ether oxygens (including phenoxy) is 1. The van der Waals surface area contributed by atoms with Gasteiger partial charge in [-0.05, 0) is 31.4 Å². The number of urea groups is 1. The van der Waals surface area contributed by atoms with Crippen molar-refractivity contribution in [1.82, 2.24) is 16.0 Å². The lowest BCUT2D eigenvalue weighted by molar-refractivity contribution is -0.128. The van der Waals surface area contributed by atoms with Crippen molar-refractivity contribution in [2.45, 2.75) is 38.3 Å². The third-order valence-corrected chi connectivity index (χ3v) is 4.20. The van der Waals surface area contributed by atoms with Crippen molar-refractivity contribution in [3.05, 3.63) is 24.3 Å². The minimum Gasteiger partial charge on any atom is -0.477 e. The summed E-state index contributed by atoms with van der Waals surface area (Å²) < 4.78 is 5.78. The highest BCUT2D eigenvalue weighted by molar-refractivity contribution is 5.97. The SMILES string of the molecule is CCCNC(=O)[C@@H]1CN(CC(=O)NC(=O)NC2CC2)c2ccccc2O1. The molecule has 8 nitrogen and oxygen atoms in total. The predicted octanol–water partition coefficient (Wildman–Crippen LogP) is 0.768. The number of benzene rings is 1. The minimum absolute atomic E-state index is 0.0317. The zero-order chi connectivity index (χ0) is 18.5. The first-order valence-corrected chi connectivity index (χ1v) is 8.95. The molecule has 0 aromatic heterocycles. The fourth-order valence-corrected chi connectivity index (χ4v) is 2.74. The van der Waals surface area contributed by atoms with Crippen LogP contribution in [-0.4, -0.2) is 49.6 Å². The van der Waals surface area contributed by atoms with Crippen molar-refractivity contribution >= 4 is 23.5 Å². The van der Waals surface area contributed by atoms with E-state index in [1.165, 1.54) is 0 Å². The first-order valence-electron chi connectivity index (χ1n) is 8.95. The molecule has 1 heterocycles. The Morgan fingerprint density at radius 3 is 2.73 bits per heavy atom. The Morgan fingerprint density at radius 1 is 1.23 bits per heavy atom. The molecular weight excluding hydrogens is 336 g/mol. The quantitative estimate of drug-likeness (QED) is 0.696. The standard InChI is InChI=1S/C18H24N4O4/c1-2-9-19-17(24)15-10-22(13-5-3-4-6-14(13)26-15)11-16(23)21-18(25)20-12-7-8-12/h3-6,12,15H,2,7-11H2,1H3,(H,19,24)(H2,20,21,23,25)/t15-/m0/s1. The van der Waals surface area contributed by atoms with E-state index in [9.17, 15) is 14.4 Å². The van der Waals surface area contributed by atoms with Gasteiger partial charge in [-0.2, -0.15) is 0 Å². The van der Waals surface area contributed by atoms with Gasteiger partial charge in [0.15, 0.2) is 6.10 Å². The summed E-state index contributed by atoms with van der Waals surface area (Å²) in [5.41, 5.74) is 0.727. The monoisotopic (exact) mass is 360 g/mol. The van der Waals surface area contributed by atoms with Gasteiger partial charge in [0.05, 0.1) is 18.8 Å². The van der Waals surface area contributed by atoms with Crippen LogP contribution in [0.4, 0.5) is 10.5 Å². The van der Waals surface area contributed by atoms with E-state index in [2.05, 4.69) is 16.0 Å². The fourth-order valence-electron chi connectivity index (χ4n) is 2.74. The van der Waals surface area contributed by atoms with Crippen LogP contribution in [0.25, 0.3) is 0 Å². The molecule has 26 heavy (non-hydrogen) atoms. The van der Waals surface area contributed by atoms with E-state index in [0.29, 0.717) is 12.3 Å². The minimum atomic E-state index is -0.704. The molecule has 2 aliphatic rings. The molecule has 140 valence electrons. The third kappa shape index (κ3) is 4.65. The summed E-state index contributed by atoms with van der Waals surface area (Å²) in [6.07, 6.45) is 2.03. The number of amides is 4. The zero-order valence-electron chi connectivity index (χ0n) is 14.8. The first kappa shape index (κ1) is 18.0. The zero-order valence-corrected chi connectivity index (χ0v) is 14.8. The van der Waals surface area contributed by atoms with Crippen molar-refractivity contribution in [1.29, 1.82) is 0 Å². The third-order valence-electron chi connectivity index (χ3n) is 4.20. The van der Waals surface area contributed by atoms with Crippen LogP contribution in [0.5, 0.6) is 5.75 Å². The molecule has 1 aliphatic heterocycles. The number of nitrogens with one attached hydrogen (secondary N) is 3. The van der Waals surface area contributed by atoms with Gasteiger partial charge in [-0.25, -0.2) is 4.79 Å². The fraction of sp³-hybridized carbons (Fsp3) is 0.500. The summed E-state index contributed by atoms with van der Waals surface area (Å²) in [6.45, 7) is 2.75. The maximum atomic E-state index is 12.3. The number of carbonyl (C=O) groups is 3. The summed E-state index contributed by atoms with van der Waals surface area (Å²) in [5.74, 6) is -0.0866. The Balaban J connectivity index is 1.64. The van der Waals surface area contributed by atoms with Gasteiger partial charge in [0.2, 0.25) is 5.91 Å². The molecule has 4 amide bonds. The molecule has 0 bridgehead atoms. The second-order valence-electron chi connectivity index (χ2n) is 6.54. The number of carbonyl (C=O) groups excluding carboxylic acids is 3. The van der Waals surface area contributed by atoms with E-state index < -0.39 is 18.0 Å². The second kappa shape index (κ2) is 8.07. The molecule has 1 aliphatic carbocycles. The van der Waals surface area contributed by atoms with Gasteiger partial charge in [0.1, 0.15) is 5.75 Å². The molecule has 1 saturated carbocycles. The number of nitrogens with zero attached hydrogens (tertiary/aromatic N) is 1.